The van der Waals surface area contributed by atoms with E-state index in [1.807, 2.05) is 6.92 Å². The van der Waals surface area contributed by atoms with Crippen molar-refractivity contribution in [3.63, 3.8) is 0 Å². The van der Waals surface area contributed by atoms with Gasteiger partial charge in [-0.2, -0.15) is 4.98 Å². The minimum atomic E-state index is 0.552. The van der Waals surface area contributed by atoms with Gasteiger partial charge in [-0.3, -0.25) is 0 Å². The van der Waals surface area contributed by atoms with Crippen molar-refractivity contribution in [2.24, 2.45) is 0 Å². The topological polar surface area (TPSA) is 67.1 Å². The number of nitrogens with zero attached hydrogens (tertiary/aromatic N) is 4. The Kier molecular flexibility index (Phi) is 4.11. The molecule has 1 aliphatic heterocycles. The van der Waals surface area contributed by atoms with Gasteiger partial charge in [-0.05, 0) is 45.8 Å². The minimum absolute atomic E-state index is 0.552. The van der Waals surface area contributed by atoms with Crippen molar-refractivity contribution in [1.29, 1.82) is 0 Å². The summed E-state index contributed by atoms with van der Waals surface area (Å²) < 4.78 is 5.14. The Labute approximate surface area is 118 Å². The SMILES string of the molecule is Cc1noc2ncnc(NCCCN3CCCCC3)c12. The number of likely N-dealkylation sites (tertiary alicyclic amines) is 1. The number of rotatable bonds is 5. The van der Waals surface area contributed by atoms with Crippen LogP contribution in [0.15, 0.2) is 10.9 Å². The zero-order chi connectivity index (χ0) is 13.8. The molecule has 3 rings (SSSR count). The van der Waals surface area contributed by atoms with Crippen LogP contribution in [0.2, 0.25) is 0 Å². The van der Waals surface area contributed by atoms with Crippen molar-refractivity contribution in [2.45, 2.75) is 32.6 Å². The van der Waals surface area contributed by atoms with Crippen LogP contribution in [0.3, 0.4) is 0 Å². The second kappa shape index (κ2) is 6.17. The maximum atomic E-state index is 5.14. The zero-order valence-electron chi connectivity index (χ0n) is 11.9. The normalized spacial score (nSPS) is 16.6. The largest absolute Gasteiger partial charge is 0.369 e. The summed E-state index contributed by atoms with van der Waals surface area (Å²) in [6, 6.07) is 0. The van der Waals surface area contributed by atoms with E-state index in [-0.39, 0.29) is 0 Å². The fraction of sp³-hybridized carbons (Fsp3) is 0.643. The minimum Gasteiger partial charge on any atom is -0.369 e. The first kappa shape index (κ1) is 13.3. The molecule has 108 valence electrons. The second-order valence-corrected chi connectivity index (χ2v) is 5.35. The molecule has 0 bridgehead atoms. The molecule has 6 nitrogen and oxygen atoms in total. The molecule has 6 heteroatoms. The van der Waals surface area contributed by atoms with Gasteiger partial charge < -0.3 is 14.7 Å². The van der Waals surface area contributed by atoms with E-state index in [1.54, 1.807) is 0 Å². The molecule has 1 saturated heterocycles. The van der Waals surface area contributed by atoms with Gasteiger partial charge in [0.25, 0.3) is 5.71 Å². The van der Waals surface area contributed by atoms with E-state index in [0.717, 1.165) is 36.4 Å². The number of hydrogen-bond donors (Lipinski definition) is 1. The van der Waals surface area contributed by atoms with Crippen LogP contribution >= 0.6 is 0 Å². The standard InChI is InChI=1S/C14H21N5O/c1-11-12-13(16-10-17-14(12)20-18-11)15-6-5-9-19-7-3-2-4-8-19/h10H,2-9H2,1H3,(H,15,16,17). The molecule has 0 aliphatic carbocycles. The van der Waals surface area contributed by atoms with Gasteiger partial charge in [0, 0.05) is 6.54 Å². The summed E-state index contributed by atoms with van der Waals surface area (Å²) in [4.78, 5) is 10.9. The van der Waals surface area contributed by atoms with Crippen LogP contribution < -0.4 is 5.32 Å². The molecule has 1 N–H and O–H groups in total. The van der Waals surface area contributed by atoms with Gasteiger partial charge >= 0.3 is 0 Å². The van der Waals surface area contributed by atoms with Crippen molar-refractivity contribution < 1.29 is 4.52 Å². The molecule has 2 aromatic rings. The average molecular weight is 275 g/mol. The molecule has 0 aromatic carbocycles. The molecule has 2 aromatic heterocycles. The average Bonchev–Trinajstić information content (AvgIpc) is 2.87. The third kappa shape index (κ3) is 2.90. The molecule has 0 spiro atoms. The predicted molar refractivity (Wildman–Crippen MR) is 77.7 cm³/mol. The highest BCUT2D eigenvalue weighted by atomic mass is 16.5. The van der Waals surface area contributed by atoms with Crippen LogP contribution in [-0.2, 0) is 0 Å². The summed E-state index contributed by atoms with van der Waals surface area (Å²) in [7, 11) is 0. The smallest absolute Gasteiger partial charge is 0.263 e. The lowest BCUT2D eigenvalue weighted by Crippen LogP contribution is -2.31. The van der Waals surface area contributed by atoms with Crippen molar-refractivity contribution in [3.05, 3.63) is 12.0 Å². The van der Waals surface area contributed by atoms with Crippen molar-refractivity contribution in [3.8, 4) is 0 Å². The van der Waals surface area contributed by atoms with Gasteiger partial charge in [-0.25, -0.2) is 4.98 Å². The molecule has 0 atom stereocenters. The van der Waals surface area contributed by atoms with E-state index in [2.05, 4.69) is 25.3 Å². The molecule has 0 amide bonds. The molecule has 20 heavy (non-hydrogen) atoms. The summed E-state index contributed by atoms with van der Waals surface area (Å²) in [6.07, 6.45) is 6.72. The zero-order valence-corrected chi connectivity index (χ0v) is 11.9. The van der Waals surface area contributed by atoms with Gasteiger partial charge in [0.1, 0.15) is 17.5 Å². The number of fused-ring (bicyclic) bond motifs is 1. The number of hydrogen-bond acceptors (Lipinski definition) is 6. The highest BCUT2D eigenvalue weighted by molar-refractivity contribution is 5.87. The summed E-state index contributed by atoms with van der Waals surface area (Å²) in [6.45, 7) is 6.48. The van der Waals surface area contributed by atoms with Crippen LogP contribution in [0.1, 0.15) is 31.4 Å². The van der Waals surface area contributed by atoms with Crippen molar-refractivity contribution in [2.75, 3.05) is 31.5 Å². The van der Waals surface area contributed by atoms with Crippen LogP contribution in [0, 0.1) is 6.92 Å². The fourth-order valence-corrected chi connectivity index (χ4v) is 2.75. The Balaban J connectivity index is 1.53. The van der Waals surface area contributed by atoms with E-state index < -0.39 is 0 Å². The maximum absolute atomic E-state index is 5.14. The number of anilines is 1. The fourth-order valence-electron chi connectivity index (χ4n) is 2.75. The van der Waals surface area contributed by atoms with Crippen LogP contribution in [0.4, 0.5) is 5.82 Å². The molecule has 0 radical (unpaired) electrons. The summed E-state index contributed by atoms with van der Waals surface area (Å²) in [5.41, 5.74) is 1.38. The van der Waals surface area contributed by atoms with Gasteiger partial charge in [0.2, 0.25) is 0 Å². The van der Waals surface area contributed by atoms with Crippen LogP contribution in [0.25, 0.3) is 11.1 Å². The molecule has 1 aliphatic rings. The first-order chi connectivity index (χ1) is 9.84. The Morgan fingerprint density at radius 3 is 2.95 bits per heavy atom. The molecule has 0 saturated carbocycles. The van der Waals surface area contributed by atoms with E-state index in [9.17, 15) is 0 Å². The lowest BCUT2D eigenvalue weighted by atomic mass is 10.1. The summed E-state index contributed by atoms with van der Waals surface area (Å²) in [5, 5.41) is 8.20. The van der Waals surface area contributed by atoms with Gasteiger partial charge in [-0.15, -0.1) is 0 Å². The van der Waals surface area contributed by atoms with Gasteiger partial charge in [0.15, 0.2) is 0 Å². The molecule has 1 fully saturated rings. The number of aryl methyl sites for hydroxylation is 1. The van der Waals surface area contributed by atoms with E-state index in [0.29, 0.717) is 5.71 Å². The quantitative estimate of drug-likeness (QED) is 0.844. The molecule has 3 heterocycles. The summed E-state index contributed by atoms with van der Waals surface area (Å²) in [5.74, 6) is 0.826. The maximum Gasteiger partial charge on any atom is 0.263 e. The third-order valence-electron chi connectivity index (χ3n) is 3.84. The highest BCUT2D eigenvalue weighted by Gasteiger charge is 2.12. The van der Waals surface area contributed by atoms with E-state index in [1.165, 1.54) is 38.7 Å². The van der Waals surface area contributed by atoms with Gasteiger partial charge in [0.05, 0.1) is 5.69 Å². The lowest BCUT2D eigenvalue weighted by molar-refractivity contribution is 0.228. The summed E-state index contributed by atoms with van der Waals surface area (Å²) >= 11 is 0. The number of piperidine rings is 1. The number of aromatic nitrogens is 3. The van der Waals surface area contributed by atoms with Crippen LogP contribution in [0.5, 0.6) is 0 Å². The molecular formula is C14H21N5O. The lowest BCUT2D eigenvalue weighted by Gasteiger charge is -2.26. The molecular weight excluding hydrogens is 254 g/mol. The van der Waals surface area contributed by atoms with Crippen molar-refractivity contribution >= 4 is 16.9 Å². The number of nitrogens with one attached hydrogen (secondary N) is 1. The Morgan fingerprint density at radius 1 is 1.25 bits per heavy atom. The highest BCUT2D eigenvalue weighted by Crippen LogP contribution is 2.22. The first-order valence-electron chi connectivity index (χ1n) is 7.38. The van der Waals surface area contributed by atoms with Gasteiger partial charge in [-0.1, -0.05) is 11.6 Å². The second-order valence-electron chi connectivity index (χ2n) is 5.35. The van der Waals surface area contributed by atoms with Crippen LogP contribution in [-0.4, -0.2) is 46.2 Å². The Bertz CT molecular complexity index is 562. The molecule has 0 unspecified atom stereocenters. The van der Waals surface area contributed by atoms with Crippen molar-refractivity contribution in [1.82, 2.24) is 20.0 Å². The van der Waals surface area contributed by atoms with E-state index >= 15 is 0 Å². The van der Waals surface area contributed by atoms with E-state index in [4.69, 9.17) is 4.52 Å². The predicted octanol–water partition coefficient (Wildman–Crippen LogP) is 2.21. The third-order valence-corrected chi connectivity index (χ3v) is 3.84. The monoisotopic (exact) mass is 275 g/mol. The Morgan fingerprint density at radius 2 is 2.10 bits per heavy atom. The first-order valence-corrected chi connectivity index (χ1v) is 7.38. The Hall–Kier alpha value is -1.69.